The topological polar surface area (TPSA) is 50.4 Å². The first-order valence-electron chi connectivity index (χ1n) is 6.68. The maximum atomic E-state index is 11.6. The van der Waals surface area contributed by atoms with Crippen LogP contribution in [0.4, 0.5) is 0 Å². The smallest absolute Gasteiger partial charge is 0.220 e. The summed E-state index contributed by atoms with van der Waals surface area (Å²) in [7, 11) is 1.69. The number of hydrogen-bond donors (Lipinski definition) is 2. The summed E-state index contributed by atoms with van der Waals surface area (Å²) in [5.74, 6) is 1.63. The molecule has 1 fully saturated rings. The summed E-state index contributed by atoms with van der Waals surface area (Å²) in [5.41, 5.74) is 0. The van der Waals surface area contributed by atoms with Crippen LogP contribution in [0.3, 0.4) is 0 Å². The van der Waals surface area contributed by atoms with E-state index in [-0.39, 0.29) is 18.3 Å². The van der Waals surface area contributed by atoms with Crippen LogP contribution < -0.4 is 10.6 Å². The molecular formula is C13H27ClN2O2. The minimum atomic E-state index is 0. The van der Waals surface area contributed by atoms with Crippen LogP contribution in [-0.2, 0) is 9.53 Å². The highest BCUT2D eigenvalue weighted by Crippen LogP contribution is 2.32. The minimum Gasteiger partial charge on any atom is -0.383 e. The molecule has 4 nitrogen and oxygen atoms in total. The fourth-order valence-corrected chi connectivity index (χ4v) is 2.43. The highest BCUT2D eigenvalue weighted by Gasteiger charge is 2.23. The van der Waals surface area contributed by atoms with Gasteiger partial charge in [0.1, 0.15) is 0 Å². The molecule has 1 aliphatic carbocycles. The molecule has 0 bridgehead atoms. The van der Waals surface area contributed by atoms with Gasteiger partial charge < -0.3 is 15.4 Å². The lowest BCUT2D eigenvalue weighted by atomic mass is 10.0. The molecule has 0 radical (unpaired) electrons. The summed E-state index contributed by atoms with van der Waals surface area (Å²) in [6.45, 7) is 5.36. The van der Waals surface area contributed by atoms with Gasteiger partial charge in [0.2, 0.25) is 5.91 Å². The monoisotopic (exact) mass is 278 g/mol. The van der Waals surface area contributed by atoms with Crippen molar-refractivity contribution in [3.8, 4) is 0 Å². The molecule has 2 atom stereocenters. The summed E-state index contributed by atoms with van der Waals surface area (Å²) in [5, 5.41) is 6.16. The fourth-order valence-electron chi connectivity index (χ4n) is 2.43. The molecule has 1 aliphatic rings. The Labute approximate surface area is 117 Å². The van der Waals surface area contributed by atoms with Crippen LogP contribution in [0.1, 0.15) is 32.6 Å². The Kier molecular flexibility index (Phi) is 10.4. The number of methoxy groups -OCH3 is 1. The van der Waals surface area contributed by atoms with Crippen LogP contribution in [-0.4, -0.2) is 39.3 Å². The zero-order chi connectivity index (χ0) is 12.5. The van der Waals surface area contributed by atoms with Crippen LogP contribution in [0, 0.1) is 11.8 Å². The van der Waals surface area contributed by atoms with Gasteiger partial charge >= 0.3 is 0 Å². The minimum absolute atomic E-state index is 0. The molecule has 1 rings (SSSR count). The molecule has 1 saturated carbocycles. The summed E-state index contributed by atoms with van der Waals surface area (Å²) in [6, 6.07) is 0. The lowest BCUT2D eigenvalue weighted by Gasteiger charge is -2.10. The average Bonchev–Trinajstić information content (AvgIpc) is 2.69. The van der Waals surface area contributed by atoms with Gasteiger partial charge in [0, 0.05) is 33.2 Å². The van der Waals surface area contributed by atoms with E-state index in [2.05, 4.69) is 17.6 Å². The largest absolute Gasteiger partial charge is 0.383 e. The predicted molar refractivity (Wildman–Crippen MR) is 76.1 cm³/mol. The van der Waals surface area contributed by atoms with Crippen molar-refractivity contribution in [2.45, 2.75) is 32.6 Å². The van der Waals surface area contributed by atoms with E-state index in [1.165, 1.54) is 19.3 Å². The summed E-state index contributed by atoms with van der Waals surface area (Å²) < 4.78 is 4.92. The van der Waals surface area contributed by atoms with Crippen molar-refractivity contribution in [2.75, 3.05) is 33.4 Å². The first-order chi connectivity index (χ1) is 8.22. The molecule has 0 aromatic carbocycles. The lowest BCUT2D eigenvalue weighted by Crippen LogP contribution is -2.33. The number of ether oxygens (including phenoxy) is 1. The number of carbonyl (C=O) groups is 1. The van der Waals surface area contributed by atoms with Crippen molar-refractivity contribution in [3.05, 3.63) is 0 Å². The van der Waals surface area contributed by atoms with E-state index in [4.69, 9.17) is 4.74 Å². The van der Waals surface area contributed by atoms with E-state index in [0.29, 0.717) is 25.5 Å². The van der Waals surface area contributed by atoms with Crippen LogP contribution in [0.25, 0.3) is 0 Å². The fraction of sp³-hybridized carbons (Fsp3) is 0.923. The van der Waals surface area contributed by atoms with Gasteiger partial charge in [-0.2, -0.15) is 0 Å². The van der Waals surface area contributed by atoms with Crippen LogP contribution >= 0.6 is 12.4 Å². The van der Waals surface area contributed by atoms with Crippen molar-refractivity contribution in [2.24, 2.45) is 11.8 Å². The van der Waals surface area contributed by atoms with Gasteiger partial charge in [0.15, 0.2) is 0 Å². The second-order valence-corrected chi connectivity index (χ2v) is 5.08. The standard InChI is InChI=1S/C13H26N2O2.ClH/c1-11-3-4-12(9-11)10-13(16)15-6-5-14-7-8-17-2;/h11-12,14H,3-10H2,1-2H3,(H,15,16);1H. The van der Waals surface area contributed by atoms with Crippen molar-refractivity contribution in [3.63, 3.8) is 0 Å². The number of halogens is 1. The van der Waals surface area contributed by atoms with E-state index in [0.717, 1.165) is 19.0 Å². The van der Waals surface area contributed by atoms with Gasteiger partial charge in [-0.1, -0.05) is 13.3 Å². The van der Waals surface area contributed by atoms with Crippen molar-refractivity contribution in [1.29, 1.82) is 0 Å². The molecule has 0 aromatic rings. The number of carbonyl (C=O) groups excluding carboxylic acids is 1. The van der Waals surface area contributed by atoms with Gasteiger partial charge in [-0.15, -0.1) is 12.4 Å². The molecule has 0 heterocycles. The first kappa shape index (κ1) is 17.7. The van der Waals surface area contributed by atoms with E-state index < -0.39 is 0 Å². The quantitative estimate of drug-likeness (QED) is 0.663. The molecule has 108 valence electrons. The number of nitrogens with one attached hydrogen (secondary N) is 2. The third-order valence-corrected chi connectivity index (χ3v) is 3.38. The van der Waals surface area contributed by atoms with Gasteiger partial charge in [0.05, 0.1) is 6.61 Å². The third kappa shape index (κ3) is 7.90. The zero-order valence-corrected chi connectivity index (χ0v) is 12.4. The molecule has 2 N–H and O–H groups in total. The summed E-state index contributed by atoms with van der Waals surface area (Å²) in [6.07, 6.45) is 4.44. The number of hydrogen-bond acceptors (Lipinski definition) is 3. The Morgan fingerprint density at radius 2 is 2.06 bits per heavy atom. The third-order valence-electron chi connectivity index (χ3n) is 3.38. The average molecular weight is 279 g/mol. The van der Waals surface area contributed by atoms with Gasteiger partial charge in [-0.3, -0.25) is 4.79 Å². The first-order valence-corrected chi connectivity index (χ1v) is 6.68. The molecule has 18 heavy (non-hydrogen) atoms. The molecule has 0 aliphatic heterocycles. The Morgan fingerprint density at radius 1 is 1.28 bits per heavy atom. The van der Waals surface area contributed by atoms with E-state index >= 15 is 0 Å². The van der Waals surface area contributed by atoms with Crippen molar-refractivity contribution in [1.82, 2.24) is 10.6 Å². The maximum absolute atomic E-state index is 11.6. The van der Waals surface area contributed by atoms with Crippen LogP contribution in [0.2, 0.25) is 0 Å². The van der Waals surface area contributed by atoms with Gasteiger partial charge in [-0.05, 0) is 24.7 Å². The SMILES string of the molecule is COCCNCCNC(=O)CC1CCC(C)C1.Cl. The molecular weight excluding hydrogens is 252 g/mol. The Bertz CT molecular complexity index is 227. The molecule has 0 spiro atoms. The van der Waals surface area contributed by atoms with E-state index in [9.17, 15) is 4.79 Å². The van der Waals surface area contributed by atoms with Gasteiger partial charge in [-0.25, -0.2) is 0 Å². The lowest BCUT2D eigenvalue weighted by molar-refractivity contribution is -0.121. The molecule has 0 saturated heterocycles. The second-order valence-electron chi connectivity index (χ2n) is 5.08. The highest BCUT2D eigenvalue weighted by molar-refractivity contribution is 5.85. The summed E-state index contributed by atoms with van der Waals surface area (Å²) in [4.78, 5) is 11.6. The Morgan fingerprint density at radius 3 is 2.67 bits per heavy atom. The number of rotatable bonds is 8. The van der Waals surface area contributed by atoms with E-state index in [1.54, 1.807) is 7.11 Å². The summed E-state index contributed by atoms with van der Waals surface area (Å²) >= 11 is 0. The van der Waals surface area contributed by atoms with Crippen molar-refractivity contribution >= 4 is 18.3 Å². The Balaban J connectivity index is 0.00000289. The Hall–Kier alpha value is -0.320. The molecule has 1 amide bonds. The van der Waals surface area contributed by atoms with Gasteiger partial charge in [0.25, 0.3) is 0 Å². The van der Waals surface area contributed by atoms with Crippen LogP contribution in [0.15, 0.2) is 0 Å². The van der Waals surface area contributed by atoms with Crippen LogP contribution in [0.5, 0.6) is 0 Å². The normalized spacial score (nSPS) is 22.6. The molecule has 2 unspecified atom stereocenters. The zero-order valence-electron chi connectivity index (χ0n) is 11.5. The molecule has 5 heteroatoms. The highest BCUT2D eigenvalue weighted by atomic mass is 35.5. The number of amides is 1. The second kappa shape index (κ2) is 10.6. The predicted octanol–water partition coefficient (Wildman–Crippen LogP) is 1.59. The maximum Gasteiger partial charge on any atom is 0.220 e. The van der Waals surface area contributed by atoms with Crippen molar-refractivity contribution < 1.29 is 9.53 Å². The molecule has 0 aromatic heterocycles. The van der Waals surface area contributed by atoms with E-state index in [1.807, 2.05) is 0 Å².